The predicted octanol–water partition coefficient (Wildman–Crippen LogP) is -0.412. The molecule has 0 aliphatic heterocycles. The molecule has 0 bridgehead atoms. The molecule has 31 heavy (non-hydrogen) atoms. The van der Waals surface area contributed by atoms with Gasteiger partial charge in [0.25, 0.3) is 11.8 Å². The lowest BCUT2D eigenvalue weighted by Crippen LogP contribution is -2.32. The van der Waals surface area contributed by atoms with E-state index in [0.717, 1.165) is 0 Å². The van der Waals surface area contributed by atoms with E-state index in [1.165, 1.54) is 21.5 Å². The number of nitrogens with one attached hydrogen (secondary N) is 3. The quantitative estimate of drug-likeness (QED) is 0.464. The van der Waals surface area contributed by atoms with Crippen molar-refractivity contribution in [3.63, 3.8) is 0 Å². The van der Waals surface area contributed by atoms with Gasteiger partial charge < -0.3 is 25.8 Å². The average molecular weight is 434 g/mol. The van der Waals surface area contributed by atoms with E-state index in [1.807, 2.05) is 38.0 Å². The molecule has 0 unspecified atom stereocenters. The number of carbonyl (C=O) groups excluding carboxylic acids is 3. The third-order valence-electron chi connectivity index (χ3n) is 4.36. The molecule has 2 aromatic heterocycles. The zero-order valence-corrected chi connectivity index (χ0v) is 18.9. The summed E-state index contributed by atoms with van der Waals surface area (Å²) in [5.41, 5.74) is 0.568. The van der Waals surface area contributed by atoms with Crippen molar-refractivity contribution < 1.29 is 14.4 Å². The average Bonchev–Trinajstić information content (AvgIpc) is 3.21. The van der Waals surface area contributed by atoms with E-state index in [-0.39, 0.29) is 23.3 Å². The van der Waals surface area contributed by atoms with Crippen LogP contribution in [-0.4, -0.2) is 94.9 Å². The first-order chi connectivity index (χ1) is 14.6. The van der Waals surface area contributed by atoms with Gasteiger partial charge in [-0.3, -0.25) is 23.7 Å². The standard InChI is InChI=1S/C19H31N9O3/c1-25(2)9-7-17(29)21-15-12-14(28(6)23-15)19(31)22-16-11-13(27(5)24-16)18(30)20-8-10-26(3)4/h11-12H,7-10H2,1-6H3,(H,20,30)(H,21,23,29)(H,22,24,31). The number of anilines is 2. The molecule has 0 aromatic carbocycles. The molecule has 0 saturated carbocycles. The second kappa shape index (κ2) is 10.7. The highest BCUT2D eigenvalue weighted by atomic mass is 16.2. The lowest BCUT2D eigenvalue weighted by atomic mass is 10.3. The SMILES string of the molecule is CN(C)CCNC(=O)c1cc(NC(=O)c2cc(NC(=O)CCN(C)C)nn2C)nn1C. The van der Waals surface area contributed by atoms with Crippen LogP contribution < -0.4 is 16.0 Å². The normalized spacial score (nSPS) is 11.1. The van der Waals surface area contributed by atoms with E-state index >= 15 is 0 Å². The molecule has 0 radical (unpaired) electrons. The first kappa shape index (κ1) is 24.0. The van der Waals surface area contributed by atoms with Gasteiger partial charge >= 0.3 is 0 Å². The molecule has 3 amide bonds. The fourth-order valence-electron chi connectivity index (χ4n) is 2.68. The van der Waals surface area contributed by atoms with Crippen LogP contribution >= 0.6 is 0 Å². The van der Waals surface area contributed by atoms with Crippen molar-refractivity contribution in [3.8, 4) is 0 Å². The van der Waals surface area contributed by atoms with Crippen LogP contribution in [0.15, 0.2) is 12.1 Å². The van der Waals surface area contributed by atoms with Crippen LogP contribution in [0.5, 0.6) is 0 Å². The maximum Gasteiger partial charge on any atom is 0.275 e. The van der Waals surface area contributed by atoms with E-state index in [0.29, 0.717) is 37.6 Å². The van der Waals surface area contributed by atoms with Gasteiger partial charge in [-0.25, -0.2) is 0 Å². The molecule has 12 heteroatoms. The zero-order chi connectivity index (χ0) is 23.1. The monoisotopic (exact) mass is 433 g/mol. The second-order valence-corrected chi connectivity index (χ2v) is 7.69. The molecule has 2 rings (SSSR count). The van der Waals surface area contributed by atoms with E-state index in [2.05, 4.69) is 26.1 Å². The molecule has 0 aliphatic carbocycles. The highest BCUT2D eigenvalue weighted by Crippen LogP contribution is 2.13. The van der Waals surface area contributed by atoms with Crippen molar-refractivity contribution in [2.75, 3.05) is 58.5 Å². The number of amides is 3. The van der Waals surface area contributed by atoms with Crippen LogP contribution in [0.4, 0.5) is 11.6 Å². The fraction of sp³-hybridized carbons (Fsp3) is 0.526. The summed E-state index contributed by atoms with van der Waals surface area (Å²) in [7, 11) is 10.8. The molecule has 0 fully saturated rings. The summed E-state index contributed by atoms with van der Waals surface area (Å²) in [6.07, 6.45) is 0.318. The Morgan fingerprint density at radius 2 is 1.35 bits per heavy atom. The summed E-state index contributed by atoms with van der Waals surface area (Å²) in [5, 5.41) is 16.5. The number of likely N-dealkylation sites (N-methyl/N-ethyl adjacent to an activating group) is 1. The summed E-state index contributed by atoms with van der Waals surface area (Å²) in [6.45, 7) is 1.81. The third kappa shape index (κ3) is 7.19. The summed E-state index contributed by atoms with van der Waals surface area (Å²) < 4.78 is 2.77. The molecule has 2 aromatic rings. The highest BCUT2D eigenvalue weighted by molar-refractivity contribution is 6.04. The topological polar surface area (TPSA) is 129 Å². The number of hydrogen-bond acceptors (Lipinski definition) is 7. The molecular formula is C19H31N9O3. The second-order valence-electron chi connectivity index (χ2n) is 7.69. The van der Waals surface area contributed by atoms with Gasteiger partial charge in [0.05, 0.1) is 0 Å². The molecule has 12 nitrogen and oxygen atoms in total. The van der Waals surface area contributed by atoms with Gasteiger partial charge in [-0.1, -0.05) is 0 Å². The summed E-state index contributed by atoms with van der Waals surface area (Å²) in [6, 6.07) is 2.99. The minimum atomic E-state index is -0.457. The number of hydrogen-bond donors (Lipinski definition) is 3. The Bertz CT molecular complexity index is 930. The highest BCUT2D eigenvalue weighted by Gasteiger charge is 2.18. The Hall–Kier alpha value is -3.25. The Morgan fingerprint density at radius 1 is 0.839 bits per heavy atom. The largest absolute Gasteiger partial charge is 0.349 e. The predicted molar refractivity (Wildman–Crippen MR) is 117 cm³/mol. The Labute approximate surface area is 181 Å². The van der Waals surface area contributed by atoms with Crippen LogP contribution in [0.1, 0.15) is 27.4 Å². The minimum Gasteiger partial charge on any atom is -0.349 e. The smallest absolute Gasteiger partial charge is 0.275 e. The first-order valence-electron chi connectivity index (χ1n) is 9.83. The summed E-state index contributed by atoms with van der Waals surface area (Å²) >= 11 is 0. The zero-order valence-electron chi connectivity index (χ0n) is 18.9. The van der Waals surface area contributed by atoms with Gasteiger partial charge in [0.2, 0.25) is 5.91 Å². The van der Waals surface area contributed by atoms with Crippen LogP contribution in [0.2, 0.25) is 0 Å². The van der Waals surface area contributed by atoms with E-state index in [4.69, 9.17) is 0 Å². The Kier molecular flexibility index (Phi) is 8.28. The van der Waals surface area contributed by atoms with Crippen molar-refractivity contribution in [1.29, 1.82) is 0 Å². The number of aryl methyl sites for hydroxylation is 2. The number of aromatic nitrogens is 4. The summed E-state index contributed by atoms with van der Waals surface area (Å²) in [5.74, 6) is -0.392. The number of nitrogens with zero attached hydrogens (tertiary/aromatic N) is 6. The Morgan fingerprint density at radius 3 is 1.90 bits per heavy atom. The van der Waals surface area contributed by atoms with Crippen LogP contribution in [0.3, 0.4) is 0 Å². The molecule has 0 aliphatic rings. The first-order valence-corrected chi connectivity index (χ1v) is 9.83. The van der Waals surface area contributed by atoms with Gasteiger partial charge in [0, 0.05) is 52.3 Å². The lowest BCUT2D eigenvalue weighted by Gasteiger charge is -2.10. The molecule has 3 N–H and O–H groups in total. The maximum atomic E-state index is 12.6. The van der Waals surface area contributed by atoms with Crippen molar-refractivity contribution in [2.45, 2.75) is 6.42 Å². The van der Waals surface area contributed by atoms with Crippen molar-refractivity contribution >= 4 is 29.4 Å². The van der Waals surface area contributed by atoms with Crippen molar-refractivity contribution in [2.24, 2.45) is 14.1 Å². The number of carbonyl (C=O) groups is 3. The molecule has 2 heterocycles. The van der Waals surface area contributed by atoms with Gasteiger partial charge in [-0.05, 0) is 28.2 Å². The molecule has 0 saturated heterocycles. The van der Waals surface area contributed by atoms with Gasteiger partial charge in [0.1, 0.15) is 11.4 Å². The van der Waals surface area contributed by atoms with Crippen LogP contribution in [0.25, 0.3) is 0 Å². The van der Waals surface area contributed by atoms with E-state index in [1.54, 1.807) is 14.1 Å². The Balaban J connectivity index is 2.00. The summed E-state index contributed by atoms with van der Waals surface area (Å²) in [4.78, 5) is 40.8. The fourth-order valence-corrected chi connectivity index (χ4v) is 2.68. The van der Waals surface area contributed by atoms with E-state index < -0.39 is 5.91 Å². The maximum absolute atomic E-state index is 12.6. The third-order valence-corrected chi connectivity index (χ3v) is 4.36. The minimum absolute atomic E-state index is 0.187. The van der Waals surface area contributed by atoms with Crippen molar-refractivity contribution in [3.05, 3.63) is 23.5 Å². The van der Waals surface area contributed by atoms with E-state index in [9.17, 15) is 14.4 Å². The van der Waals surface area contributed by atoms with Gasteiger partial charge in [-0.15, -0.1) is 0 Å². The lowest BCUT2D eigenvalue weighted by molar-refractivity contribution is -0.116. The van der Waals surface area contributed by atoms with Crippen molar-refractivity contribution in [1.82, 2.24) is 34.7 Å². The van der Waals surface area contributed by atoms with Gasteiger partial charge in [-0.2, -0.15) is 10.2 Å². The molecule has 0 spiro atoms. The van der Waals surface area contributed by atoms with Gasteiger partial charge in [0.15, 0.2) is 11.6 Å². The van der Waals surface area contributed by atoms with Crippen LogP contribution in [0, 0.1) is 0 Å². The van der Waals surface area contributed by atoms with Crippen LogP contribution in [-0.2, 0) is 18.9 Å². The molecular weight excluding hydrogens is 402 g/mol. The molecule has 170 valence electrons. The number of rotatable bonds is 10. The molecule has 0 atom stereocenters.